The summed E-state index contributed by atoms with van der Waals surface area (Å²) >= 11 is 0. The minimum absolute atomic E-state index is 0.351. The lowest BCUT2D eigenvalue weighted by molar-refractivity contribution is 0.0148. The number of methoxy groups -OCH3 is 1. The van der Waals surface area contributed by atoms with Crippen molar-refractivity contribution in [2.75, 3.05) is 33.5 Å². The van der Waals surface area contributed by atoms with Gasteiger partial charge in [-0.05, 0) is 38.6 Å². The Bertz CT molecular complexity index is 231. The van der Waals surface area contributed by atoms with E-state index in [1.165, 1.54) is 32.1 Å². The maximum absolute atomic E-state index is 5.66. The van der Waals surface area contributed by atoms with E-state index in [-0.39, 0.29) is 0 Å². The topological polar surface area (TPSA) is 39.7 Å². The van der Waals surface area contributed by atoms with Crippen molar-refractivity contribution in [3.05, 3.63) is 0 Å². The van der Waals surface area contributed by atoms with Crippen molar-refractivity contribution in [2.24, 2.45) is 0 Å². The van der Waals surface area contributed by atoms with E-state index >= 15 is 0 Å². The lowest BCUT2D eigenvalue weighted by Crippen LogP contribution is -2.43. The third-order valence-electron chi connectivity index (χ3n) is 4.21. The van der Waals surface area contributed by atoms with E-state index in [1.54, 1.807) is 0 Å². The largest absolute Gasteiger partial charge is 0.380 e. The SMILES string of the molecule is COC1CCCCC1NCCCOCC1CCCO1. The first kappa shape index (κ1) is 15.2. The van der Waals surface area contributed by atoms with E-state index in [0.29, 0.717) is 18.2 Å². The van der Waals surface area contributed by atoms with E-state index in [0.717, 1.165) is 39.2 Å². The van der Waals surface area contributed by atoms with Crippen LogP contribution < -0.4 is 5.32 Å². The first-order chi connectivity index (χ1) is 9.40. The Hall–Kier alpha value is -0.160. The van der Waals surface area contributed by atoms with Crippen LogP contribution in [0.1, 0.15) is 44.9 Å². The molecule has 2 fully saturated rings. The Balaban J connectivity index is 1.46. The molecule has 3 atom stereocenters. The average molecular weight is 271 g/mol. The van der Waals surface area contributed by atoms with E-state index in [4.69, 9.17) is 14.2 Å². The van der Waals surface area contributed by atoms with Gasteiger partial charge in [0.15, 0.2) is 0 Å². The molecule has 1 N–H and O–H groups in total. The zero-order valence-electron chi connectivity index (χ0n) is 12.2. The Morgan fingerprint density at radius 2 is 2.05 bits per heavy atom. The van der Waals surface area contributed by atoms with Gasteiger partial charge in [-0.3, -0.25) is 0 Å². The summed E-state index contributed by atoms with van der Waals surface area (Å²) in [5.74, 6) is 0. The highest BCUT2D eigenvalue weighted by Gasteiger charge is 2.23. The van der Waals surface area contributed by atoms with Gasteiger partial charge in [0.1, 0.15) is 0 Å². The van der Waals surface area contributed by atoms with Gasteiger partial charge < -0.3 is 19.5 Å². The number of nitrogens with one attached hydrogen (secondary N) is 1. The van der Waals surface area contributed by atoms with Crippen molar-refractivity contribution in [1.82, 2.24) is 5.32 Å². The number of hydrogen-bond acceptors (Lipinski definition) is 4. The van der Waals surface area contributed by atoms with Gasteiger partial charge in [-0.15, -0.1) is 0 Å². The van der Waals surface area contributed by atoms with Crippen molar-refractivity contribution in [3.8, 4) is 0 Å². The van der Waals surface area contributed by atoms with Gasteiger partial charge in [0.2, 0.25) is 0 Å². The first-order valence-electron chi connectivity index (χ1n) is 7.85. The molecule has 1 heterocycles. The number of ether oxygens (including phenoxy) is 3. The molecular weight excluding hydrogens is 242 g/mol. The van der Waals surface area contributed by atoms with Crippen LogP contribution in [-0.4, -0.2) is 51.7 Å². The van der Waals surface area contributed by atoms with E-state index < -0.39 is 0 Å². The molecule has 0 aromatic carbocycles. The van der Waals surface area contributed by atoms with Crippen molar-refractivity contribution in [2.45, 2.75) is 63.2 Å². The minimum atomic E-state index is 0.351. The molecule has 1 aliphatic carbocycles. The Morgan fingerprint density at radius 1 is 1.16 bits per heavy atom. The zero-order chi connectivity index (χ0) is 13.3. The van der Waals surface area contributed by atoms with Crippen LogP contribution in [0.2, 0.25) is 0 Å². The van der Waals surface area contributed by atoms with Crippen LogP contribution in [-0.2, 0) is 14.2 Å². The molecule has 0 radical (unpaired) electrons. The second kappa shape index (κ2) is 8.90. The third kappa shape index (κ3) is 5.38. The molecule has 2 rings (SSSR count). The van der Waals surface area contributed by atoms with E-state index in [2.05, 4.69) is 5.32 Å². The minimum Gasteiger partial charge on any atom is -0.380 e. The summed E-state index contributed by atoms with van der Waals surface area (Å²) in [7, 11) is 1.83. The molecule has 1 aliphatic heterocycles. The fourth-order valence-electron chi connectivity index (χ4n) is 3.06. The number of hydrogen-bond donors (Lipinski definition) is 1. The van der Waals surface area contributed by atoms with Crippen LogP contribution in [0.25, 0.3) is 0 Å². The summed E-state index contributed by atoms with van der Waals surface area (Å²) in [5, 5.41) is 3.61. The van der Waals surface area contributed by atoms with Crippen molar-refractivity contribution >= 4 is 0 Å². The molecule has 19 heavy (non-hydrogen) atoms. The molecule has 4 heteroatoms. The lowest BCUT2D eigenvalue weighted by atomic mass is 9.92. The second-order valence-electron chi connectivity index (χ2n) is 5.68. The molecule has 2 aliphatic rings. The predicted molar refractivity (Wildman–Crippen MR) is 75.5 cm³/mol. The highest BCUT2D eigenvalue weighted by molar-refractivity contribution is 4.81. The van der Waals surface area contributed by atoms with Gasteiger partial charge >= 0.3 is 0 Å². The third-order valence-corrected chi connectivity index (χ3v) is 4.21. The zero-order valence-corrected chi connectivity index (χ0v) is 12.2. The van der Waals surface area contributed by atoms with Crippen LogP contribution in [0.5, 0.6) is 0 Å². The molecular formula is C15H29NO3. The summed E-state index contributed by atoms with van der Waals surface area (Å²) in [5.41, 5.74) is 0. The molecule has 0 spiro atoms. The van der Waals surface area contributed by atoms with Gasteiger partial charge in [-0.25, -0.2) is 0 Å². The Kier molecular flexibility index (Phi) is 7.14. The quantitative estimate of drug-likeness (QED) is 0.686. The molecule has 0 amide bonds. The summed E-state index contributed by atoms with van der Waals surface area (Å²) in [6, 6.07) is 0.539. The number of rotatable bonds is 8. The molecule has 1 saturated heterocycles. The lowest BCUT2D eigenvalue weighted by Gasteiger charge is -2.31. The maximum atomic E-state index is 5.66. The highest BCUT2D eigenvalue weighted by atomic mass is 16.5. The van der Waals surface area contributed by atoms with Gasteiger partial charge in [-0.2, -0.15) is 0 Å². The molecule has 0 aromatic rings. The van der Waals surface area contributed by atoms with Crippen molar-refractivity contribution in [1.29, 1.82) is 0 Å². The van der Waals surface area contributed by atoms with Crippen LogP contribution in [0.4, 0.5) is 0 Å². The molecule has 1 saturated carbocycles. The van der Waals surface area contributed by atoms with E-state index in [9.17, 15) is 0 Å². The summed E-state index contributed by atoms with van der Waals surface area (Å²) in [4.78, 5) is 0. The first-order valence-corrected chi connectivity index (χ1v) is 7.85. The van der Waals surface area contributed by atoms with Crippen LogP contribution in [0.3, 0.4) is 0 Å². The smallest absolute Gasteiger partial charge is 0.0809 e. The van der Waals surface area contributed by atoms with Crippen LogP contribution in [0, 0.1) is 0 Å². The maximum Gasteiger partial charge on any atom is 0.0809 e. The van der Waals surface area contributed by atoms with Crippen LogP contribution >= 0.6 is 0 Å². The summed E-state index contributed by atoms with van der Waals surface area (Å²) in [6.45, 7) is 3.53. The molecule has 0 bridgehead atoms. The fourth-order valence-corrected chi connectivity index (χ4v) is 3.06. The molecule has 0 aromatic heterocycles. The average Bonchev–Trinajstić information content (AvgIpc) is 2.96. The summed E-state index contributed by atoms with van der Waals surface area (Å²) < 4.78 is 16.7. The van der Waals surface area contributed by atoms with Gasteiger partial charge in [-0.1, -0.05) is 12.8 Å². The molecule has 112 valence electrons. The van der Waals surface area contributed by atoms with Crippen molar-refractivity contribution < 1.29 is 14.2 Å². The van der Waals surface area contributed by atoms with Crippen molar-refractivity contribution in [3.63, 3.8) is 0 Å². The van der Waals surface area contributed by atoms with Gasteiger partial charge in [0.05, 0.1) is 18.8 Å². The van der Waals surface area contributed by atoms with E-state index in [1.807, 2.05) is 7.11 Å². The second-order valence-corrected chi connectivity index (χ2v) is 5.68. The highest BCUT2D eigenvalue weighted by Crippen LogP contribution is 2.20. The Morgan fingerprint density at radius 3 is 2.84 bits per heavy atom. The summed E-state index contributed by atoms with van der Waals surface area (Å²) in [6.07, 6.45) is 9.25. The molecule has 3 unspecified atom stereocenters. The standard InChI is InChI=1S/C15H29NO3/c1-17-15-8-3-2-7-14(15)16-9-5-10-18-12-13-6-4-11-19-13/h13-16H,2-12H2,1H3. The van der Waals surface area contributed by atoms with Gasteiger partial charge in [0, 0.05) is 26.4 Å². The monoisotopic (exact) mass is 271 g/mol. The van der Waals surface area contributed by atoms with Gasteiger partial charge in [0.25, 0.3) is 0 Å². The molecule has 4 nitrogen and oxygen atoms in total. The predicted octanol–water partition coefficient (Wildman–Crippen LogP) is 2.12. The Labute approximate surface area is 117 Å². The fraction of sp³-hybridized carbons (Fsp3) is 1.00. The van der Waals surface area contributed by atoms with Crippen LogP contribution in [0.15, 0.2) is 0 Å². The normalized spacial score (nSPS) is 31.7.